The van der Waals surface area contributed by atoms with Gasteiger partial charge in [0.1, 0.15) is 5.01 Å². The van der Waals surface area contributed by atoms with Crippen LogP contribution in [0.2, 0.25) is 0 Å². The molecule has 1 aromatic carbocycles. The zero-order valence-electron chi connectivity index (χ0n) is 8.36. The molecule has 1 saturated heterocycles. The molecule has 3 rings (SSSR count). The Morgan fingerprint density at radius 1 is 1.33 bits per heavy atom. The Bertz CT molecular complexity index is 472. The molecule has 2 heterocycles. The number of rotatable bonds is 1. The second kappa shape index (κ2) is 3.66. The smallest absolute Gasteiger partial charge is 0.119 e. The molecule has 0 unspecified atom stereocenters. The predicted octanol–water partition coefficient (Wildman–Crippen LogP) is 3.02. The van der Waals surface area contributed by atoms with Gasteiger partial charge in [0.2, 0.25) is 0 Å². The fourth-order valence-corrected chi connectivity index (χ4v) is 2.78. The molecule has 0 amide bonds. The minimum atomic E-state index is 1.10. The van der Waals surface area contributed by atoms with Crippen molar-refractivity contribution in [1.29, 1.82) is 0 Å². The molecule has 1 aliphatic rings. The molecular weight excluding hydrogens is 204 g/mol. The van der Waals surface area contributed by atoms with Crippen molar-refractivity contribution >= 4 is 27.6 Å². The number of nitrogens with zero attached hydrogens (tertiary/aromatic N) is 1. The molecule has 1 N–H and O–H groups in total. The number of hydrogen-bond acceptors (Lipinski definition) is 3. The molecule has 0 radical (unpaired) electrons. The van der Waals surface area contributed by atoms with Gasteiger partial charge in [0.05, 0.1) is 10.2 Å². The lowest BCUT2D eigenvalue weighted by Gasteiger charge is -1.94. The van der Waals surface area contributed by atoms with Gasteiger partial charge < -0.3 is 5.32 Å². The molecule has 2 aromatic rings. The standard InChI is InChI=1S/C12H12N2S/c1-2-6-11-10(5-1)14-12(15-11)8-9-4-3-7-13-9/h1-2,5-6,8,13H,3-4,7H2/b9-8-. The minimum absolute atomic E-state index is 1.10. The van der Waals surface area contributed by atoms with Crippen LogP contribution in [0.15, 0.2) is 30.0 Å². The highest BCUT2D eigenvalue weighted by Gasteiger charge is 2.06. The topological polar surface area (TPSA) is 24.9 Å². The molecule has 76 valence electrons. The number of aromatic nitrogens is 1. The van der Waals surface area contributed by atoms with E-state index >= 15 is 0 Å². The van der Waals surface area contributed by atoms with Gasteiger partial charge in [-0.3, -0.25) is 0 Å². The van der Waals surface area contributed by atoms with Gasteiger partial charge in [0.15, 0.2) is 0 Å². The maximum Gasteiger partial charge on any atom is 0.119 e. The van der Waals surface area contributed by atoms with E-state index in [2.05, 4.69) is 34.6 Å². The Hall–Kier alpha value is -1.35. The van der Waals surface area contributed by atoms with Gasteiger partial charge in [0, 0.05) is 12.2 Å². The van der Waals surface area contributed by atoms with Gasteiger partial charge in [-0.2, -0.15) is 0 Å². The van der Waals surface area contributed by atoms with Crippen molar-refractivity contribution in [3.8, 4) is 0 Å². The van der Waals surface area contributed by atoms with Crippen LogP contribution < -0.4 is 5.32 Å². The number of para-hydroxylation sites is 1. The maximum atomic E-state index is 4.58. The Morgan fingerprint density at radius 3 is 3.07 bits per heavy atom. The largest absolute Gasteiger partial charge is 0.388 e. The first-order valence-electron chi connectivity index (χ1n) is 5.22. The van der Waals surface area contributed by atoms with Gasteiger partial charge in [-0.15, -0.1) is 11.3 Å². The number of fused-ring (bicyclic) bond motifs is 1. The molecule has 0 atom stereocenters. The van der Waals surface area contributed by atoms with Crippen LogP contribution in [0.1, 0.15) is 17.8 Å². The van der Waals surface area contributed by atoms with Crippen molar-refractivity contribution in [3.63, 3.8) is 0 Å². The van der Waals surface area contributed by atoms with Crippen LogP contribution >= 0.6 is 11.3 Å². The fraction of sp³-hybridized carbons (Fsp3) is 0.250. The van der Waals surface area contributed by atoms with Crippen molar-refractivity contribution < 1.29 is 0 Å². The summed E-state index contributed by atoms with van der Waals surface area (Å²) in [4.78, 5) is 4.58. The third-order valence-electron chi connectivity index (χ3n) is 2.58. The molecule has 15 heavy (non-hydrogen) atoms. The van der Waals surface area contributed by atoms with E-state index in [-0.39, 0.29) is 0 Å². The molecule has 1 fully saturated rings. The van der Waals surface area contributed by atoms with Gasteiger partial charge in [-0.25, -0.2) is 4.98 Å². The van der Waals surface area contributed by atoms with Crippen LogP contribution in [0.3, 0.4) is 0 Å². The lowest BCUT2D eigenvalue weighted by atomic mass is 10.3. The highest BCUT2D eigenvalue weighted by molar-refractivity contribution is 7.19. The summed E-state index contributed by atoms with van der Waals surface area (Å²) in [5, 5.41) is 4.49. The number of benzene rings is 1. The van der Waals surface area contributed by atoms with Crippen LogP contribution in [-0.2, 0) is 0 Å². The molecule has 0 aliphatic carbocycles. The Morgan fingerprint density at radius 2 is 2.27 bits per heavy atom. The highest BCUT2D eigenvalue weighted by atomic mass is 32.1. The highest BCUT2D eigenvalue weighted by Crippen LogP contribution is 2.24. The lowest BCUT2D eigenvalue weighted by Crippen LogP contribution is -2.02. The molecular formula is C12H12N2S. The second-order valence-corrected chi connectivity index (χ2v) is 4.78. The third-order valence-corrected chi connectivity index (χ3v) is 3.57. The summed E-state index contributed by atoms with van der Waals surface area (Å²) < 4.78 is 1.27. The fourth-order valence-electron chi connectivity index (χ4n) is 1.84. The van der Waals surface area contributed by atoms with Crippen LogP contribution in [0.5, 0.6) is 0 Å². The van der Waals surface area contributed by atoms with Crippen molar-refractivity contribution in [2.75, 3.05) is 6.54 Å². The van der Waals surface area contributed by atoms with Crippen LogP contribution in [0.25, 0.3) is 16.3 Å². The predicted molar refractivity (Wildman–Crippen MR) is 64.8 cm³/mol. The van der Waals surface area contributed by atoms with Crippen molar-refractivity contribution in [2.24, 2.45) is 0 Å². The van der Waals surface area contributed by atoms with E-state index in [0.717, 1.165) is 23.5 Å². The van der Waals surface area contributed by atoms with Gasteiger partial charge in [-0.05, 0) is 31.1 Å². The van der Waals surface area contributed by atoms with E-state index in [1.54, 1.807) is 11.3 Å². The summed E-state index contributed by atoms with van der Waals surface area (Å²) in [6.07, 6.45) is 4.59. The summed E-state index contributed by atoms with van der Waals surface area (Å²) in [7, 11) is 0. The Balaban J connectivity index is 2.01. The van der Waals surface area contributed by atoms with E-state index in [9.17, 15) is 0 Å². The average molecular weight is 216 g/mol. The van der Waals surface area contributed by atoms with Crippen molar-refractivity contribution in [1.82, 2.24) is 10.3 Å². The third kappa shape index (κ3) is 1.75. The lowest BCUT2D eigenvalue weighted by molar-refractivity contribution is 0.904. The SMILES string of the molecule is C(=C1\CCCN1)/c1nc2ccccc2s1. The van der Waals surface area contributed by atoms with Crippen LogP contribution in [0.4, 0.5) is 0 Å². The van der Waals surface area contributed by atoms with E-state index in [0.29, 0.717) is 0 Å². The Labute approximate surface area is 92.7 Å². The monoisotopic (exact) mass is 216 g/mol. The summed E-state index contributed by atoms with van der Waals surface area (Å²) in [6, 6.07) is 8.28. The minimum Gasteiger partial charge on any atom is -0.388 e. The quantitative estimate of drug-likeness (QED) is 0.792. The van der Waals surface area contributed by atoms with Crippen LogP contribution in [0, 0.1) is 0 Å². The first-order chi connectivity index (χ1) is 7.42. The van der Waals surface area contributed by atoms with Gasteiger partial charge in [0.25, 0.3) is 0 Å². The van der Waals surface area contributed by atoms with E-state index in [1.807, 2.05) is 6.07 Å². The first kappa shape index (κ1) is 8.92. The van der Waals surface area contributed by atoms with Crippen LogP contribution in [-0.4, -0.2) is 11.5 Å². The molecule has 3 heteroatoms. The van der Waals surface area contributed by atoms with Crippen molar-refractivity contribution in [2.45, 2.75) is 12.8 Å². The number of allylic oxidation sites excluding steroid dienone is 1. The first-order valence-corrected chi connectivity index (χ1v) is 6.03. The number of nitrogens with one attached hydrogen (secondary N) is 1. The average Bonchev–Trinajstić information content (AvgIpc) is 2.86. The summed E-state index contributed by atoms with van der Waals surface area (Å²) in [5.41, 5.74) is 2.43. The molecule has 2 nitrogen and oxygen atoms in total. The Kier molecular flexibility index (Phi) is 2.18. The van der Waals surface area contributed by atoms with Gasteiger partial charge >= 0.3 is 0 Å². The molecule has 1 aliphatic heterocycles. The zero-order valence-corrected chi connectivity index (χ0v) is 9.18. The van der Waals surface area contributed by atoms with E-state index < -0.39 is 0 Å². The molecule has 1 aromatic heterocycles. The number of hydrogen-bond donors (Lipinski definition) is 1. The number of thiazole rings is 1. The van der Waals surface area contributed by atoms with E-state index in [4.69, 9.17) is 0 Å². The normalized spacial score (nSPS) is 18.5. The molecule has 0 bridgehead atoms. The van der Waals surface area contributed by atoms with Crippen molar-refractivity contribution in [3.05, 3.63) is 35.0 Å². The zero-order chi connectivity index (χ0) is 10.1. The second-order valence-electron chi connectivity index (χ2n) is 3.72. The molecule has 0 saturated carbocycles. The molecule has 0 spiro atoms. The van der Waals surface area contributed by atoms with E-state index in [1.165, 1.54) is 16.8 Å². The summed E-state index contributed by atoms with van der Waals surface area (Å²) in [5.74, 6) is 0. The maximum absolute atomic E-state index is 4.58. The van der Waals surface area contributed by atoms with Gasteiger partial charge in [-0.1, -0.05) is 12.1 Å². The summed E-state index contributed by atoms with van der Waals surface area (Å²) in [6.45, 7) is 1.11. The summed E-state index contributed by atoms with van der Waals surface area (Å²) >= 11 is 1.76.